The van der Waals surface area contributed by atoms with Crippen molar-refractivity contribution in [3.05, 3.63) is 45.4 Å². The summed E-state index contributed by atoms with van der Waals surface area (Å²) >= 11 is 1.67. The minimum absolute atomic E-state index is 0.133. The minimum atomic E-state index is -0.363. The van der Waals surface area contributed by atoms with Crippen LogP contribution in [0.4, 0.5) is 5.69 Å². The Labute approximate surface area is 126 Å². The lowest BCUT2D eigenvalue weighted by Gasteiger charge is -2.32. The molecular weight excluding hydrogens is 286 g/mol. The van der Waals surface area contributed by atoms with Gasteiger partial charge in [0.05, 0.1) is 16.7 Å². The summed E-state index contributed by atoms with van der Waals surface area (Å²) < 4.78 is 0. The van der Waals surface area contributed by atoms with Crippen molar-refractivity contribution in [2.45, 2.75) is 25.3 Å². The van der Waals surface area contributed by atoms with E-state index in [-0.39, 0.29) is 10.6 Å². The van der Waals surface area contributed by atoms with Crippen molar-refractivity contribution in [2.24, 2.45) is 10.9 Å². The van der Waals surface area contributed by atoms with E-state index in [1.54, 1.807) is 23.9 Å². The molecule has 21 heavy (non-hydrogen) atoms. The number of fused-ring (bicyclic) bond motifs is 2. The van der Waals surface area contributed by atoms with Crippen molar-refractivity contribution in [3.8, 4) is 0 Å². The van der Waals surface area contributed by atoms with Crippen LogP contribution in [0.25, 0.3) is 5.70 Å². The summed E-state index contributed by atoms with van der Waals surface area (Å²) in [7, 11) is 0. The Bertz CT molecular complexity index is 653. The van der Waals surface area contributed by atoms with Crippen molar-refractivity contribution in [1.29, 1.82) is 0 Å². The maximum Gasteiger partial charge on any atom is 0.269 e. The zero-order valence-electron chi connectivity index (χ0n) is 11.4. The highest BCUT2D eigenvalue weighted by molar-refractivity contribution is 8.16. The van der Waals surface area contributed by atoms with Gasteiger partial charge in [-0.2, -0.15) is 0 Å². The molecule has 1 saturated carbocycles. The van der Waals surface area contributed by atoms with Crippen LogP contribution in [0, 0.1) is 16.0 Å². The smallest absolute Gasteiger partial charge is 0.269 e. The molecule has 2 atom stereocenters. The van der Waals surface area contributed by atoms with Gasteiger partial charge in [0.2, 0.25) is 0 Å². The van der Waals surface area contributed by atoms with Crippen LogP contribution in [-0.4, -0.2) is 27.6 Å². The lowest BCUT2D eigenvalue weighted by molar-refractivity contribution is -0.384. The standard InChI is InChI=1S/C15H15N3O2S/c19-18(20)12-6-4-10(5-7-12)14-9-21-15-16-13-3-1-2-11(13)8-17(14)15/h4-7,9,11,13H,1-3,8H2. The molecule has 0 radical (unpaired) electrons. The Balaban J connectivity index is 1.62. The summed E-state index contributed by atoms with van der Waals surface area (Å²) in [5, 5.41) is 13.9. The zero-order chi connectivity index (χ0) is 14.4. The predicted molar refractivity (Wildman–Crippen MR) is 83.9 cm³/mol. The van der Waals surface area contributed by atoms with E-state index < -0.39 is 0 Å². The fourth-order valence-electron chi connectivity index (χ4n) is 3.37. The van der Waals surface area contributed by atoms with Crippen LogP contribution in [-0.2, 0) is 0 Å². The highest BCUT2D eigenvalue weighted by Gasteiger charge is 2.37. The lowest BCUT2D eigenvalue weighted by Crippen LogP contribution is -2.37. The van der Waals surface area contributed by atoms with Gasteiger partial charge in [0.25, 0.3) is 5.69 Å². The number of benzene rings is 1. The molecule has 3 aliphatic rings. The average Bonchev–Trinajstić information content (AvgIpc) is 3.10. The fourth-order valence-corrected chi connectivity index (χ4v) is 4.35. The molecule has 1 fully saturated rings. The molecule has 4 rings (SSSR count). The number of thioether (sulfide) groups is 1. The molecule has 0 aromatic heterocycles. The van der Waals surface area contributed by atoms with E-state index in [1.165, 1.54) is 19.3 Å². The Morgan fingerprint density at radius 2 is 2.10 bits per heavy atom. The van der Waals surface area contributed by atoms with Crippen LogP contribution in [0.15, 0.2) is 34.7 Å². The second kappa shape index (κ2) is 4.87. The zero-order valence-corrected chi connectivity index (χ0v) is 12.3. The Hall–Kier alpha value is -1.82. The van der Waals surface area contributed by atoms with Crippen LogP contribution < -0.4 is 0 Å². The molecule has 2 aliphatic heterocycles. The third-order valence-electron chi connectivity index (χ3n) is 4.48. The second-order valence-electron chi connectivity index (χ2n) is 5.71. The summed E-state index contributed by atoms with van der Waals surface area (Å²) in [5.41, 5.74) is 2.28. The molecule has 0 amide bonds. The van der Waals surface area contributed by atoms with Gasteiger partial charge in [-0.1, -0.05) is 18.2 Å². The summed E-state index contributed by atoms with van der Waals surface area (Å²) in [5.74, 6) is 0.661. The number of nitro groups is 1. The number of aliphatic imine (C=N–C) groups is 1. The van der Waals surface area contributed by atoms with Gasteiger partial charge in [-0.3, -0.25) is 15.1 Å². The number of amidine groups is 1. The molecular formula is C15H15N3O2S. The predicted octanol–water partition coefficient (Wildman–Crippen LogP) is 3.48. The van der Waals surface area contributed by atoms with E-state index in [0.29, 0.717) is 12.0 Å². The lowest BCUT2D eigenvalue weighted by atomic mass is 10.0. The van der Waals surface area contributed by atoms with E-state index >= 15 is 0 Å². The highest BCUT2D eigenvalue weighted by atomic mass is 32.2. The van der Waals surface area contributed by atoms with Crippen LogP contribution in [0.3, 0.4) is 0 Å². The molecule has 2 unspecified atom stereocenters. The molecule has 1 aromatic rings. The van der Waals surface area contributed by atoms with Gasteiger partial charge in [0.1, 0.15) is 0 Å². The van der Waals surface area contributed by atoms with Crippen molar-refractivity contribution in [2.75, 3.05) is 6.54 Å². The molecule has 0 N–H and O–H groups in total. The van der Waals surface area contributed by atoms with Crippen molar-refractivity contribution in [1.82, 2.24) is 4.90 Å². The maximum atomic E-state index is 10.7. The molecule has 1 aliphatic carbocycles. The number of nitrogens with zero attached hydrogens (tertiary/aromatic N) is 3. The van der Waals surface area contributed by atoms with Gasteiger partial charge >= 0.3 is 0 Å². The third-order valence-corrected chi connectivity index (χ3v) is 5.36. The summed E-state index contributed by atoms with van der Waals surface area (Å²) in [6.07, 6.45) is 3.76. The van der Waals surface area contributed by atoms with Crippen LogP contribution >= 0.6 is 11.8 Å². The summed E-state index contributed by atoms with van der Waals surface area (Å²) in [6, 6.07) is 7.30. The first kappa shape index (κ1) is 12.9. The third kappa shape index (κ3) is 2.14. The highest BCUT2D eigenvalue weighted by Crippen LogP contribution is 2.41. The van der Waals surface area contributed by atoms with E-state index in [0.717, 1.165) is 23.0 Å². The minimum Gasteiger partial charge on any atom is -0.320 e. The fraction of sp³-hybridized carbons (Fsp3) is 0.400. The SMILES string of the molecule is O=[N+]([O-])c1ccc(C2=CSC3=NC4CCCC4CN23)cc1. The van der Waals surface area contributed by atoms with Crippen LogP contribution in [0.5, 0.6) is 0 Å². The van der Waals surface area contributed by atoms with Gasteiger partial charge in [-0.05, 0) is 36.5 Å². The monoisotopic (exact) mass is 301 g/mol. The number of hydrogen-bond acceptors (Lipinski definition) is 5. The van der Waals surface area contributed by atoms with Gasteiger partial charge in [-0.15, -0.1) is 0 Å². The molecule has 0 bridgehead atoms. The van der Waals surface area contributed by atoms with Crippen LogP contribution in [0.2, 0.25) is 0 Å². The quantitative estimate of drug-likeness (QED) is 0.620. The van der Waals surface area contributed by atoms with Crippen LogP contribution in [0.1, 0.15) is 24.8 Å². The van der Waals surface area contributed by atoms with Gasteiger partial charge in [-0.25, -0.2) is 0 Å². The van der Waals surface area contributed by atoms with Gasteiger partial charge in [0.15, 0.2) is 5.17 Å². The maximum absolute atomic E-state index is 10.7. The Morgan fingerprint density at radius 3 is 2.86 bits per heavy atom. The van der Waals surface area contributed by atoms with E-state index in [9.17, 15) is 10.1 Å². The van der Waals surface area contributed by atoms with Crippen molar-refractivity contribution >= 4 is 28.3 Å². The normalized spacial score (nSPS) is 27.0. The molecule has 0 spiro atoms. The molecule has 0 saturated heterocycles. The van der Waals surface area contributed by atoms with Gasteiger partial charge in [0, 0.05) is 24.1 Å². The summed E-state index contributed by atoms with van der Waals surface area (Å²) in [6.45, 7) is 1.03. The van der Waals surface area contributed by atoms with Gasteiger partial charge < -0.3 is 4.90 Å². The number of hydrogen-bond donors (Lipinski definition) is 0. The molecule has 2 heterocycles. The first-order valence-corrected chi connectivity index (χ1v) is 8.07. The van der Waals surface area contributed by atoms with E-state index in [2.05, 4.69) is 10.3 Å². The first-order chi connectivity index (χ1) is 10.2. The Morgan fingerprint density at radius 1 is 1.29 bits per heavy atom. The molecule has 5 nitrogen and oxygen atoms in total. The largest absolute Gasteiger partial charge is 0.320 e. The van der Waals surface area contributed by atoms with Crippen molar-refractivity contribution in [3.63, 3.8) is 0 Å². The molecule has 6 heteroatoms. The number of rotatable bonds is 2. The molecule has 1 aromatic carbocycles. The van der Waals surface area contributed by atoms with E-state index in [1.807, 2.05) is 12.1 Å². The Kier molecular flexibility index (Phi) is 2.99. The second-order valence-corrected chi connectivity index (χ2v) is 6.54. The number of nitro benzene ring substituents is 1. The first-order valence-electron chi connectivity index (χ1n) is 7.19. The van der Waals surface area contributed by atoms with E-state index in [4.69, 9.17) is 4.99 Å². The van der Waals surface area contributed by atoms with Crippen molar-refractivity contribution < 1.29 is 4.92 Å². The number of non-ortho nitro benzene ring substituents is 1. The summed E-state index contributed by atoms with van der Waals surface area (Å²) in [4.78, 5) is 17.5. The average molecular weight is 301 g/mol. The topological polar surface area (TPSA) is 58.7 Å². The molecule has 108 valence electrons.